The summed E-state index contributed by atoms with van der Waals surface area (Å²) >= 11 is 1.54. The fourth-order valence-electron chi connectivity index (χ4n) is 1.22. The lowest BCUT2D eigenvalue weighted by Crippen LogP contribution is -2.27. The number of hydrogen-bond donors (Lipinski definition) is 2. The van der Waals surface area contributed by atoms with Gasteiger partial charge in [0.2, 0.25) is 0 Å². The number of aromatic hydroxyl groups is 1. The average Bonchev–Trinajstić information content (AvgIpc) is 2.26. The van der Waals surface area contributed by atoms with Gasteiger partial charge in [0.05, 0.1) is 5.56 Å². The van der Waals surface area contributed by atoms with Crippen LogP contribution < -0.4 is 5.32 Å². The summed E-state index contributed by atoms with van der Waals surface area (Å²) in [5, 5.41) is 12.4. The Morgan fingerprint density at radius 3 is 2.75 bits per heavy atom. The fraction of sp³-hybridized carbons (Fsp3) is 0.417. The lowest BCUT2D eigenvalue weighted by atomic mass is 10.1. The van der Waals surface area contributed by atoms with Gasteiger partial charge in [0.15, 0.2) is 0 Å². The number of carbonyl (C=O) groups is 1. The van der Waals surface area contributed by atoms with E-state index in [1.807, 2.05) is 20.1 Å². The van der Waals surface area contributed by atoms with Crippen LogP contribution in [-0.2, 0) is 0 Å². The van der Waals surface area contributed by atoms with Crippen molar-refractivity contribution in [3.63, 3.8) is 0 Å². The summed E-state index contributed by atoms with van der Waals surface area (Å²) in [6.45, 7) is 4.67. The van der Waals surface area contributed by atoms with Crippen LogP contribution in [0.15, 0.2) is 23.1 Å². The van der Waals surface area contributed by atoms with Gasteiger partial charge < -0.3 is 10.4 Å². The zero-order chi connectivity index (χ0) is 12.1. The van der Waals surface area contributed by atoms with E-state index < -0.39 is 0 Å². The predicted molar refractivity (Wildman–Crippen MR) is 67.1 cm³/mol. The average molecular weight is 239 g/mol. The molecule has 0 aliphatic rings. The van der Waals surface area contributed by atoms with Gasteiger partial charge in [-0.3, -0.25) is 4.79 Å². The molecule has 1 aromatic rings. The second kappa shape index (κ2) is 5.80. The third kappa shape index (κ3) is 3.45. The van der Waals surface area contributed by atoms with Gasteiger partial charge in [-0.25, -0.2) is 0 Å². The predicted octanol–water partition coefficient (Wildman–Crippen LogP) is 2.50. The maximum atomic E-state index is 11.8. The van der Waals surface area contributed by atoms with Crippen LogP contribution in [0.4, 0.5) is 0 Å². The van der Waals surface area contributed by atoms with E-state index in [0.29, 0.717) is 18.0 Å². The molecule has 0 unspecified atom stereocenters. The van der Waals surface area contributed by atoms with Gasteiger partial charge in [-0.1, -0.05) is 13.8 Å². The Balaban J connectivity index is 2.81. The Kier molecular flexibility index (Phi) is 4.68. The first kappa shape index (κ1) is 12.9. The first-order valence-corrected chi connectivity index (χ1v) is 6.42. The van der Waals surface area contributed by atoms with Crippen molar-refractivity contribution in [2.45, 2.75) is 18.7 Å². The first-order valence-electron chi connectivity index (χ1n) is 5.19. The first-order chi connectivity index (χ1) is 7.54. The molecule has 3 nitrogen and oxygen atoms in total. The van der Waals surface area contributed by atoms with Gasteiger partial charge in [-0.2, -0.15) is 0 Å². The zero-order valence-electron chi connectivity index (χ0n) is 9.78. The van der Waals surface area contributed by atoms with Gasteiger partial charge in [-0.05, 0) is 30.4 Å². The molecule has 0 aliphatic carbocycles. The maximum absolute atomic E-state index is 11.8. The number of hydrogen-bond acceptors (Lipinski definition) is 3. The Bertz CT molecular complexity index is 377. The SMILES string of the molecule is CSc1ccc(O)c(C(=O)NCC(C)C)c1. The molecule has 0 radical (unpaired) electrons. The molecule has 88 valence electrons. The summed E-state index contributed by atoms with van der Waals surface area (Å²) < 4.78 is 0. The van der Waals surface area contributed by atoms with Gasteiger partial charge >= 0.3 is 0 Å². The molecular weight excluding hydrogens is 222 g/mol. The Morgan fingerprint density at radius 1 is 1.50 bits per heavy atom. The summed E-state index contributed by atoms with van der Waals surface area (Å²) in [7, 11) is 0. The number of phenolic OH excluding ortho intramolecular Hbond substituents is 1. The molecule has 0 heterocycles. The van der Waals surface area contributed by atoms with Gasteiger partial charge in [-0.15, -0.1) is 11.8 Å². The molecule has 0 atom stereocenters. The van der Waals surface area contributed by atoms with Crippen LogP contribution >= 0.6 is 11.8 Å². The highest BCUT2D eigenvalue weighted by Crippen LogP contribution is 2.23. The molecule has 4 heteroatoms. The van der Waals surface area contributed by atoms with Gasteiger partial charge in [0, 0.05) is 11.4 Å². The van der Waals surface area contributed by atoms with Crippen molar-refractivity contribution in [3.8, 4) is 5.75 Å². The van der Waals surface area contributed by atoms with Crippen LogP contribution in [0.1, 0.15) is 24.2 Å². The van der Waals surface area contributed by atoms with Crippen molar-refractivity contribution < 1.29 is 9.90 Å². The molecule has 2 N–H and O–H groups in total. The standard InChI is InChI=1S/C12H17NO2S/c1-8(2)7-13-12(15)10-6-9(16-3)4-5-11(10)14/h4-6,8,14H,7H2,1-3H3,(H,13,15). The summed E-state index contributed by atoms with van der Waals surface area (Å²) in [5.41, 5.74) is 0.340. The molecule has 0 saturated heterocycles. The molecular formula is C12H17NO2S. The minimum atomic E-state index is -0.220. The summed E-state index contributed by atoms with van der Waals surface area (Å²) in [5.74, 6) is 0.205. The molecule has 1 aromatic carbocycles. The van der Waals surface area contributed by atoms with E-state index in [9.17, 15) is 9.90 Å². The van der Waals surface area contributed by atoms with Gasteiger partial charge in [0.1, 0.15) is 5.75 Å². The van der Waals surface area contributed by atoms with Crippen LogP contribution in [0.5, 0.6) is 5.75 Å². The van der Waals surface area contributed by atoms with Crippen LogP contribution in [0.25, 0.3) is 0 Å². The van der Waals surface area contributed by atoms with Crippen LogP contribution in [0.2, 0.25) is 0 Å². The van der Waals surface area contributed by atoms with Crippen molar-refractivity contribution in [3.05, 3.63) is 23.8 Å². The monoisotopic (exact) mass is 239 g/mol. The van der Waals surface area contributed by atoms with Crippen LogP contribution in [0, 0.1) is 5.92 Å². The quantitative estimate of drug-likeness (QED) is 0.794. The van der Waals surface area contributed by atoms with Crippen LogP contribution in [0.3, 0.4) is 0 Å². The fourth-order valence-corrected chi connectivity index (χ4v) is 1.66. The number of amides is 1. The van der Waals surface area contributed by atoms with Crippen molar-refractivity contribution in [2.75, 3.05) is 12.8 Å². The smallest absolute Gasteiger partial charge is 0.255 e. The van der Waals surface area contributed by atoms with E-state index in [1.54, 1.807) is 30.0 Å². The largest absolute Gasteiger partial charge is 0.507 e. The van der Waals surface area contributed by atoms with E-state index in [-0.39, 0.29) is 11.7 Å². The molecule has 0 aliphatic heterocycles. The zero-order valence-corrected chi connectivity index (χ0v) is 10.6. The molecule has 0 bridgehead atoms. The lowest BCUT2D eigenvalue weighted by Gasteiger charge is -2.09. The maximum Gasteiger partial charge on any atom is 0.255 e. The lowest BCUT2D eigenvalue weighted by molar-refractivity contribution is 0.0946. The van der Waals surface area contributed by atoms with E-state index >= 15 is 0 Å². The van der Waals surface area contributed by atoms with Crippen molar-refractivity contribution in [1.82, 2.24) is 5.32 Å². The second-order valence-electron chi connectivity index (χ2n) is 3.99. The second-order valence-corrected chi connectivity index (χ2v) is 4.87. The number of carbonyl (C=O) groups excluding carboxylic acids is 1. The normalized spacial score (nSPS) is 10.5. The van der Waals surface area contributed by atoms with E-state index in [1.165, 1.54) is 0 Å². The third-order valence-corrected chi connectivity index (χ3v) is 2.84. The van der Waals surface area contributed by atoms with E-state index in [0.717, 1.165) is 4.90 Å². The Hall–Kier alpha value is -1.16. The van der Waals surface area contributed by atoms with Crippen LogP contribution in [-0.4, -0.2) is 23.8 Å². The third-order valence-electron chi connectivity index (χ3n) is 2.12. The van der Waals surface area contributed by atoms with Crippen molar-refractivity contribution in [2.24, 2.45) is 5.92 Å². The number of nitrogens with one attached hydrogen (secondary N) is 1. The number of rotatable bonds is 4. The highest BCUT2D eigenvalue weighted by atomic mass is 32.2. The molecule has 1 rings (SSSR count). The Labute approximate surface area is 100 Å². The molecule has 0 saturated carbocycles. The highest BCUT2D eigenvalue weighted by Gasteiger charge is 2.11. The van der Waals surface area contributed by atoms with Gasteiger partial charge in [0.25, 0.3) is 5.91 Å². The molecule has 0 fully saturated rings. The minimum Gasteiger partial charge on any atom is -0.507 e. The molecule has 0 aromatic heterocycles. The number of thioether (sulfide) groups is 1. The van der Waals surface area contributed by atoms with E-state index in [4.69, 9.17) is 0 Å². The number of benzene rings is 1. The minimum absolute atomic E-state index is 0.0269. The van der Waals surface area contributed by atoms with E-state index in [2.05, 4.69) is 5.32 Å². The topological polar surface area (TPSA) is 49.3 Å². The van der Waals surface area contributed by atoms with Crippen molar-refractivity contribution in [1.29, 1.82) is 0 Å². The Morgan fingerprint density at radius 2 is 2.19 bits per heavy atom. The summed E-state index contributed by atoms with van der Waals surface area (Å²) in [6, 6.07) is 5.05. The highest BCUT2D eigenvalue weighted by molar-refractivity contribution is 7.98. The molecule has 16 heavy (non-hydrogen) atoms. The molecule has 1 amide bonds. The summed E-state index contributed by atoms with van der Waals surface area (Å²) in [6.07, 6.45) is 1.93. The molecule has 0 spiro atoms. The number of phenols is 1. The van der Waals surface area contributed by atoms with Crippen molar-refractivity contribution >= 4 is 17.7 Å². The summed E-state index contributed by atoms with van der Waals surface area (Å²) in [4.78, 5) is 12.7.